The van der Waals surface area contributed by atoms with Gasteiger partial charge in [-0.2, -0.15) is 0 Å². The Hall–Kier alpha value is -0.960. The van der Waals surface area contributed by atoms with E-state index in [1.165, 1.54) is 19.3 Å². The zero-order valence-corrected chi connectivity index (χ0v) is 9.74. The summed E-state index contributed by atoms with van der Waals surface area (Å²) in [4.78, 5) is 7.94. The lowest BCUT2D eigenvalue weighted by molar-refractivity contribution is 0.520. The van der Waals surface area contributed by atoms with E-state index in [0.29, 0.717) is 0 Å². The molecular formula is C12H21N3. The highest BCUT2D eigenvalue weighted by Crippen LogP contribution is 2.05. The summed E-state index contributed by atoms with van der Waals surface area (Å²) < 4.78 is 0. The monoisotopic (exact) mass is 207 g/mol. The van der Waals surface area contributed by atoms with Crippen molar-refractivity contribution in [2.75, 3.05) is 6.54 Å². The molecule has 0 radical (unpaired) electrons. The molecule has 0 aliphatic rings. The van der Waals surface area contributed by atoms with Crippen molar-refractivity contribution in [2.45, 2.75) is 39.7 Å². The van der Waals surface area contributed by atoms with Crippen LogP contribution in [0, 0.1) is 5.92 Å². The lowest BCUT2D eigenvalue weighted by atomic mass is 10.1. The van der Waals surface area contributed by atoms with Crippen molar-refractivity contribution in [3.05, 3.63) is 24.3 Å². The van der Waals surface area contributed by atoms with Crippen molar-refractivity contribution in [1.29, 1.82) is 0 Å². The molecule has 0 unspecified atom stereocenters. The van der Waals surface area contributed by atoms with Gasteiger partial charge in [-0.05, 0) is 18.9 Å². The van der Waals surface area contributed by atoms with E-state index in [1.54, 1.807) is 6.33 Å². The second-order valence-electron chi connectivity index (χ2n) is 4.31. The van der Waals surface area contributed by atoms with Gasteiger partial charge in [-0.25, -0.2) is 9.97 Å². The van der Waals surface area contributed by atoms with Crippen LogP contribution < -0.4 is 5.32 Å². The second-order valence-corrected chi connectivity index (χ2v) is 4.31. The average molecular weight is 207 g/mol. The molecule has 84 valence electrons. The molecular weight excluding hydrogens is 186 g/mol. The number of hydrogen-bond acceptors (Lipinski definition) is 3. The van der Waals surface area contributed by atoms with Crippen LogP contribution in [0.25, 0.3) is 0 Å². The molecule has 0 saturated carbocycles. The average Bonchev–Trinajstić information content (AvgIpc) is 2.24. The molecule has 0 amide bonds. The summed E-state index contributed by atoms with van der Waals surface area (Å²) in [5, 5.41) is 3.40. The van der Waals surface area contributed by atoms with Gasteiger partial charge in [-0.15, -0.1) is 0 Å². The van der Waals surface area contributed by atoms with Gasteiger partial charge in [0, 0.05) is 24.5 Å². The molecule has 15 heavy (non-hydrogen) atoms. The number of rotatable bonds is 7. The Balaban J connectivity index is 1.98. The minimum atomic E-state index is 0.826. The predicted molar refractivity (Wildman–Crippen MR) is 62.4 cm³/mol. The van der Waals surface area contributed by atoms with E-state index in [0.717, 1.165) is 24.6 Å². The van der Waals surface area contributed by atoms with Crippen LogP contribution in [0.3, 0.4) is 0 Å². The van der Waals surface area contributed by atoms with E-state index in [9.17, 15) is 0 Å². The van der Waals surface area contributed by atoms with Crippen LogP contribution in [-0.2, 0) is 6.54 Å². The number of nitrogens with zero attached hydrogens (tertiary/aromatic N) is 2. The maximum absolute atomic E-state index is 3.97. The lowest BCUT2D eigenvalue weighted by Gasteiger charge is -2.05. The van der Waals surface area contributed by atoms with Crippen LogP contribution in [-0.4, -0.2) is 16.5 Å². The number of aromatic nitrogens is 2. The van der Waals surface area contributed by atoms with Gasteiger partial charge in [-0.1, -0.05) is 26.7 Å². The molecule has 1 rings (SSSR count). The van der Waals surface area contributed by atoms with Gasteiger partial charge < -0.3 is 5.32 Å². The van der Waals surface area contributed by atoms with Crippen molar-refractivity contribution in [2.24, 2.45) is 5.92 Å². The molecule has 0 aliphatic carbocycles. The molecule has 0 fully saturated rings. The van der Waals surface area contributed by atoms with E-state index in [2.05, 4.69) is 29.1 Å². The van der Waals surface area contributed by atoms with Crippen molar-refractivity contribution in [3.63, 3.8) is 0 Å². The molecule has 0 aliphatic heterocycles. The Morgan fingerprint density at radius 3 is 2.60 bits per heavy atom. The van der Waals surface area contributed by atoms with Crippen LogP contribution in [0.1, 0.15) is 38.7 Å². The molecule has 0 atom stereocenters. The van der Waals surface area contributed by atoms with Crippen molar-refractivity contribution in [1.82, 2.24) is 15.3 Å². The zero-order valence-electron chi connectivity index (χ0n) is 9.74. The van der Waals surface area contributed by atoms with Gasteiger partial charge in [0.15, 0.2) is 0 Å². The third-order valence-electron chi connectivity index (χ3n) is 2.33. The minimum absolute atomic E-state index is 0.826. The van der Waals surface area contributed by atoms with E-state index in [1.807, 2.05) is 12.4 Å². The number of hydrogen-bond donors (Lipinski definition) is 1. The Morgan fingerprint density at radius 1 is 1.20 bits per heavy atom. The minimum Gasteiger partial charge on any atom is -0.313 e. The molecule has 1 N–H and O–H groups in total. The van der Waals surface area contributed by atoms with Crippen LogP contribution in [0.5, 0.6) is 0 Å². The van der Waals surface area contributed by atoms with E-state index in [-0.39, 0.29) is 0 Å². The fourth-order valence-electron chi connectivity index (χ4n) is 1.46. The first-order valence-corrected chi connectivity index (χ1v) is 5.73. The van der Waals surface area contributed by atoms with E-state index >= 15 is 0 Å². The zero-order chi connectivity index (χ0) is 10.9. The smallest absolute Gasteiger partial charge is 0.115 e. The largest absolute Gasteiger partial charge is 0.313 e. The van der Waals surface area contributed by atoms with Crippen LogP contribution in [0.15, 0.2) is 18.7 Å². The van der Waals surface area contributed by atoms with Gasteiger partial charge in [0.05, 0.1) is 0 Å². The fourth-order valence-corrected chi connectivity index (χ4v) is 1.46. The van der Waals surface area contributed by atoms with Gasteiger partial charge >= 0.3 is 0 Å². The predicted octanol–water partition coefficient (Wildman–Crippen LogP) is 2.39. The molecule has 0 spiro atoms. The van der Waals surface area contributed by atoms with Gasteiger partial charge in [0.2, 0.25) is 0 Å². The summed E-state index contributed by atoms with van der Waals surface area (Å²) in [6, 6.07) is 0. The molecule has 1 aromatic heterocycles. The Bertz CT molecular complexity index is 246. The lowest BCUT2D eigenvalue weighted by Crippen LogP contribution is -2.15. The van der Waals surface area contributed by atoms with Gasteiger partial charge in [0.1, 0.15) is 6.33 Å². The summed E-state index contributed by atoms with van der Waals surface area (Å²) in [6.07, 6.45) is 9.17. The quantitative estimate of drug-likeness (QED) is 0.698. The van der Waals surface area contributed by atoms with E-state index < -0.39 is 0 Å². The van der Waals surface area contributed by atoms with Crippen molar-refractivity contribution >= 4 is 0 Å². The molecule has 1 heterocycles. The second kappa shape index (κ2) is 7.35. The Morgan fingerprint density at radius 2 is 1.93 bits per heavy atom. The first-order valence-electron chi connectivity index (χ1n) is 5.73. The number of nitrogens with one attached hydrogen (secondary N) is 1. The summed E-state index contributed by atoms with van der Waals surface area (Å²) in [7, 11) is 0. The van der Waals surface area contributed by atoms with E-state index in [4.69, 9.17) is 0 Å². The SMILES string of the molecule is CC(C)CCCCNCc1cncnc1. The fraction of sp³-hybridized carbons (Fsp3) is 0.667. The maximum Gasteiger partial charge on any atom is 0.115 e. The molecule has 3 nitrogen and oxygen atoms in total. The van der Waals surface area contributed by atoms with Gasteiger partial charge in [-0.3, -0.25) is 0 Å². The Kier molecular flexibility index (Phi) is 5.93. The molecule has 1 aromatic rings. The topological polar surface area (TPSA) is 37.8 Å². The summed E-state index contributed by atoms with van der Waals surface area (Å²) >= 11 is 0. The first-order chi connectivity index (χ1) is 7.29. The van der Waals surface area contributed by atoms with Crippen molar-refractivity contribution < 1.29 is 0 Å². The maximum atomic E-state index is 3.97. The summed E-state index contributed by atoms with van der Waals surface area (Å²) in [6.45, 7) is 6.51. The third-order valence-corrected chi connectivity index (χ3v) is 2.33. The van der Waals surface area contributed by atoms with Crippen LogP contribution in [0.2, 0.25) is 0 Å². The highest BCUT2D eigenvalue weighted by molar-refractivity contribution is 5.01. The molecule has 0 saturated heterocycles. The highest BCUT2D eigenvalue weighted by atomic mass is 14.9. The molecule has 0 bridgehead atoms. The van der Waals surface area contributed by atoms with Crippen molar-refractivity contribution in [3.8, 4) is 0 Å². The third kappa shape index (κ3) is 6.18. The first kappa shape index (κ1) is 12.1. The standard InChI is InChI=1S/C12H21N3/c1-11(2)5-3-4-6-13-7-12-8-14-10-15-9-12/h8-11,13H,3-7H2,1-2H3. The Labute approximate surface area is 92.3 Å². The molecule has 3 heteroatoms. The normalized spacial score (nSPS) is 10.9. The van der Waals surface area contributed by atoms with Crippen LogP contribution >= 0.6 is 0 Å². The summed E-state index contributed by atoms with van der Waals surface area (Å²) in [5.74, 6) is 0.826. The highest BCUT2D eigenvalue weighted by Gasteiger charge is 1.95. The molecule has 0 aromatic carbocycles. The van der Waals surface area contributed by atoms with Crippen LogP contribution in [0.4, 0.5) is 0 Å². The summed E-state index contributed by atoms with van der Waals surface area (Å²) in [5.41, 5.74) is 1.15. The number of unbranched alkanes of at least 4 members (excludes halogenated alkanes) is 1. The van der Waals surface area contributed by atoms with Gasteiger partial charge in [0.25, 0.3) is 0 Å².